The van der Waals surface area contributed by atoms with Gasteiger partial charge in [0.15, 0.2) is 0 Å². The topological polar surface area (TPSA) is 63.4 Å². The minimum Gasteiger partial charge on any atom is -0.329 e. The molecular formula is C12H16Cl2N2O2S. The molecule has 0 aliphatic carbocycles. The predicted octanol–water partition coefficient (Wildman–Crippen LogP) is 2.25. The molecule has 1 aromatic rings. The van der Waals surface area contributed by atoms with E-state index in [-0.39, 0.29) is 11.8 Å². The summed E-state index contributed by atoms with van der Waals surface area (Å²) < 4.78 is 26.3. The summed E-state index contributed by atoms with van der Waals surface area (Å²) in [6, 6.07) is 4.87. The van der Waals surface area contributed by atoms with Gasteiger partial charge in [-0.25, -0.2) is 8.42 Å². The van der Waals surface area contributed by atoms with Crippen molar-refractivity contribution >= 4 is 33.2 Å². The molecule has 0 unspecified atom stereocenters. The van der Waals surface area contributed by atoms with Crippen LogP contribution in [0.3, 0.4) is 0 Å². The number of rotatable bonds is 4. The van der Waals surface area contributed by atoms with Crippen molar-refractivity contribution in [3.63, 3.8) is 0 Å². The fourth-order valence-electron chi connectivity index (χ4n) is 2.35. The highest BCUT2D eigenvalue weighted by Gasteiger charge is 2.33. The zero-order valence-corrected chi connectivity index (χ0v) is 12.7. The van der Waals surface area contributed by atoms with Crippen LogP contribution >= 0.6 is 23.2 Å². The van der Waals surface area contributed by atoms with E-state index >= 15 is 0 Å². The van der Waals surface area contributed by atoms with Crippen LogP contribution in [0, 0.1) is 0 Å². The van der Waals surface area contributed by atoms with E-state index in [9.17, 15) is 8.42 Å². The second kappa shape index (κ2) is 5.97. The smallest absolute Gasteiger partial charge is 0.218 e. The Bertz CT molecular complexity index is 543. The summed E-state index contributed by atoms with van der Waals surface area (Å²) in [5.74, 6) is -0.179. The van der Waals surface area contributed by atoms with Crippen LogP contribution in [0.25, 0.3) is 0 Å². The largest absolute Gasteiger partial charge is 0.329 e. The van der Waals surface area contributed by atoms with Gasteiger partial charge in [0.05, 0.1) is 5.75 Å². The summed E-state index contributed by atoms with van der Waals surface area (Å²) in [7, 11) is -3.43. The molecule has 7 heteroatoms. The van der Waals surface area contributed by atoms with Crippen molar-refractivity contribution in [1.82, 2.24) is 4.31 Å². The lowest BCUT2D eigenvalue weighted by molar-refractivity contribution is 0.392. The van der Waals surface area contributed by atoms with Crippen molar-refractivity contribution in [1.29, 1.82) is 0 Å². The monoisotopic (exact) mass is 322 g/mol. The van der Waals surface area contributed by atoms with Crippen molar-refractivity contribution in [2.24, 2.45) is 5.73 Å². The van der Waals surface area contributed by atoms with E-state index in [0.717, 1.165) is 12.8 Å². The summed E-state index contributed by atoms with van der Waals surface area (Å²) in [5.41, 5.74) is 6.07. The summed E-state index contributed by atoms with van der Waals surface area (Å²) in [6.07, 6.45) is 1.66. The Balaban J connectivity index is 2.27. The normalized spacial score (nSPS) is 20.9. The fraction of sp³-hybridized carbons (Fsp3) is 0.500. The van der Waals surface area contributed by atoms with Gasteiger partial charge in [0, 0.05) is 34.7 Å². The molecule has 2 N–H and O–H groups in total. The lowest BCUT2D eigenvalue weighted by Gasteiger charge is -2.23. The van der Waals surface area contributed by atoms with Crippen LogP contribution in [0.5, 0.6) is 0 Å². The quantitative estimate of drug-likeness (QED) is 0.924. The van der Waals surface area contributed by atoms with Gasteiger partial charge < -0.3 is 5.73 Å². The number of hydrogen-bond acceptors (Lipinski definition) is 3. The summed E-state index contributed by atoms with van der Waals surface area (Å²) in [6.45, 7) is 0.863. The Kier molecular flexibility index (Phi) is 4.74. The van der Waals surface area contributed by atoms with Crippen molar-refractivity contribution in [2.75, 3.05) is 13.1 Å². The van der Waals surface area contributed by atoms with Crippen LogP contribution in [0.15, 0.2) is 18.2 Å². The molecule has 1 aliphatic rings. The fourth-order valence-corrected chi connectivity index (χ4v) is 4.93. The van der Waals surface area contributed by atoms with E-state index < -0.39 is 10.0 Å². The van der Waals surface area contributed by atoms with Crippen LogP contribution in [-0.2, 0) is 15.8 Å². The first-order chi connectivity index (χ1) is 8.95. The molecule has 0 saturated carbocycles. The summed E-state index contributed by atoms with van der Waals surface area (Å²) in [4.78, 5) is 0. The van der Waals surface area contributed by atoms with E-state index in [1.54, 1.807) is 18.2 Å². The molecule has 1 saturated heterocycles. The highest BCUT2D eigenvalue weighted by atomic mass is 35.5. The third-order valence-corrected chi connectivity index (χ3v) is 5.90. The van der Waals surface area contributed by atoms with Gasteiger partial charge in [0.2, 0.25) is 10.0 Å². The van der Waals surface area contributed by atoms with Crippen molar-refractivity contribution < 1.29 is 8.42 Å². The number of sulfonamides is 1. The first kappa shape index (κ1) is 15.1. The number of halogens is 2. The van der Waals surface area contributed by atoms with E-state index in [0.29, 0.717) is 28.7 Å². The number of nitrogens with two attached hydrogens (primary N) is 1. The second-order valence-electron chi connectivity index (χ2n) is 4.60. The molecule has 106 valence electrons. The molecule has 0 aromatic heterocycles. The first-order valence-electron chi connectivity index (χ1n) is 6.08. The Morgan fingerprint density at radius 1 is 1.32 bits per heavy atom. The molecule has 1 heterocycles. The molecule has 4 nitrogen and oxygen atoms in total. The highest BCUT2D eigenvalue weighted by Crippen LogP contribution is 2.29. The standard InChI is InChI=1S/C12H16Cl2N2O2S/c13-11-4-1-5-12(14)10(11)8-19(17,18)16-6-2-3-9(16)7-15/h1,4-5,9H,2-3,6-8,15H2/t9-/m0/s1. The molecule has 0 spiro atoms. The predicted molar refractivity (Wildman–Crippen MR) is 77.9 cm³/mol. The van der Waals surface area contributed by atoms with Crippen LogP contribution in [-0.4, -0.2) is 31.9 Å². The number of hydrogen-bond donors (Lipinski definition) is 1. The summed E-state index contributed by atoms with van der Waals surface area (Å²) >= 11 is 12.0. The maximum atomic E-state index is 12.4. The summed E-state index contributed by atoms with van der Waals surface area (Å²) in [5, 5.41) is 0.749. The zero-order chi connectivity index (χ0) is 14.0. The molecule has 0 bridgehead atoms. The van der Waals surface area contributed by atoms with E-state index in [4.69, 9.17) is 28.9 Å². The second-order valence-corrected chi connectivity index (χ2v) is 7.33. The third kappa shape index (κ3) is 3.23. The van der Waals surface area contributed by atoms with Gasteiger partial charge in [-0.1, -0.05) is 29.3 Å². The molecule has 1 atom stereocenters. The lowest BCUT2D eigenvalue weighted by Crippen LogP contribution is -2.40. The Morgan fingerprint density at radius 2 is 1.95 bits per heavy atom. The maximum Gasteiger partial charge on any atom is 0.218 e. The number of nitrogens with zero attached hydrogens (tertiary/aromatic N) is 1. The van der Waals surface area contributed by atoms with Crippen molar-refractivity contribution in [2.45, 2.75) is 24.6 Å². The molecule has 2 rings (SSSR count). The highest BCUT2D eigenvalue weighted by molar-refractivity contribution is 7.88. The van der Waals surface area contributed by atoms with E-state index in [1.807, 2.05) is 0 Å². The average molecular weight is 323 g/mol. The van der Waals surface area contributed by atoms with Crippen LogP contribution in [0.2, 0.25) is 10.0 Å². The molecule has 0 radical (unpaired) electrons. The van der Waals surface area contributed by atoms with Gasteiger partial charge in [-0.05, 0) is 25.0 Å². The van der Waals surface area contributed by atoms with Crippen LogP contribution in [0.4, 0.5) is 0 Å². The zero-order valence-electron chi connectivity index (χ0n) is 10.4. The molecular weight excluding hydrogens is 307 g/mol. The Morgan fingerprint density at radius 3 is 2.53 bits per heavy atom. The minimum absolute atomic E-state index is 0.105. The van der Waals surface area contributed by atoms with Gasteiger partial charge >= 0.3 is 0 Å². The van der Waals surface area contributed by atoms with Gasteiger partial charge in [-0.2, -0.15) is 4.31 Å². The van der Waals surface area contributed by atoms with Crippen molar-refractivity contribution in [3.8, 4) is 0 Å². The number of benzene rings is 1. The van der Waals surface area contributed by atoms with Gasteiger partial charge in [0.1, 0.15) is 0 Å². The van der Waals surface area contributed by atoms with E-state index in [1.165, 1.54) is 4.31 Å². The van der Waals surface area contributed by atoms with Gasteiger partial charge in [0.25, 0.3) is 0 Å². The lowest BCUT2D eigenvalue weighted by atomic mass is 10.2. The molecule has 0 amide bonds. The van der Waals surface area contributed by atoms with Gasteiger partial charge in [-0.15, -0.1) is 0 Å². The Labute approximate surface area is 123 Å². The molecule has 1 fully saturated rings. The van der Waals surface area contributed by atoms with E-state index in [2.05, 4.69) is 0 Å². The van der Waals surface area contributed by atoms with Crippen LogP contribution < -0.4 is 5.73 Å². The molecule has 19 heavy (non-hydrogen) atoms. The van der Waals surface area contributed by atoms with Crippen molar-refractivity contribution in [3.05, 3.63) is 33.8 Å². The molecule has 1 aliphatic heterocycles. The van der Waals surface area contributed by atoms with Gasteiger partial charge in [-0.3, -0.25) is 0 Å². The minimum atomic E-state index is -3.43. The Hall–Kier alpha value is -0.330. The third-order valence-electron chi connectivity index (χ3n) is 3.34. The van der Waals surface area contributed by atoms with Crippen LogP contribution in [0.1, 0.15) is 18.4 Å². The maximum absolute atomic E-state index is 12.4. The molecule has 1 aromatic carbocycles. The average Bonchev–Trinajstić information content (AvgIpc) is 2.83. The SMILES string of the molecule is NC[C@@H]1CCCN1S(=O)(=O)Cc1c(Cl)cccc1Cl. The first-order valence-corrected chi connectivity index (χ1v) is 8.44.